The molecule has 0 saturated carbocycles. The number of benzene rings is 2. The van der Waals surface area contributed by atoms with E-state index in [1.165, 1.54) is 17.5 Å². The fraction of sp³-hybridized carbons (Fsp3) is 0.435. The number of sulfonamides is 1. The lowest BCUT2D eigenvalue weighted by Crippen LogP contribution is -2.41. The molecule has 0 unspecified atom stereocenters. The van der Waals surface area contributed by atoms with Crippen LogP contribution in [0.1, 0.15) is 37.8 Å². The summed E-state index contributed by atoms with van der Waals surface area (Å²) < 4.78 is 47.2. The number of amides is 1. The second kappa shape index (κ2) is 10.3. The summed E-state index contributed by atoms with van der Waals surface area (Å²) in [6, 6.07) is 7.45. The monoisotopic (exact) mass is 526 g/mol. The molecule has 0 atom stereocenters. The predicted octanol–water partition coefficient (Wildman–Crippen LogP) is 4.76. The van der Waals surface area contributed by atoms with Crippen LogP contribution in [-0.4, -0.2) is 38.8 Å². The Morgan fingerprint density at radius 3 is 2.28 bits per heavy atom. The molecule has 1 N–H and O–H groups in total. The fourth-order valence-corrected chi connectivity index (χ4v) is 6.21. The van der Waals surface area contributed by atoms with Gasteiger partial charge in [0.1, 0.15) is 16.5 Å². The van der Waals surface area contributed by atoms with Crippen molar-refractivity contribution in [3.05, 3.63) is 51.7 Å². The van der Waals surface area contributed by atoms with E-state index in [0.29, 0.717) is 12.8 Å². The smallest absolute Gasteiger partial charge is 0.246 e. The van der Waals surface area contributed by atoms with Crippen molar-refractivity contribution < 1.29 is 22.3 Å². The predicted molar refractivity (Wildman–Crippen MR) is 126 cm³/mol. The van der Waals surface area contributed by atoms with Crippen LogP contribution in [0.15, 0.2) is 39.7 Å². The molecular formula is C23H28BrFN2O4S. The van der Waals surface area contributed by atoms with Crippen LogP contribution in [0.5, 0.6) is 5.75 Å². The number of nitrogens with zero attached hydrogens (tertiary/aromatic N) is 1. The van der Waals surface area contributed by atoms with Crippen LogP contribution in [0.2, 0.25) is 0 Å². The zero-order chi connectivity index (χ0) is 23.5. The first-order valence-corrected chi connectivity index (χ1v) is 12.9. The summed E-state index contributed by atoms with van der Waals surface area (Å²) in [4.78, 5) is 12.8. The number of aryl methyl sites for hydroxylation is 2. The van der Waals surface area contributed by atoms with Gasteiger partial charge in [-0.15, -0.1) is 0 Å². The maximum atomic E-state index is 13.7. The number of rotatable bonds is 7. The molecule has 0 radical (unpaired) electrons. The zero-order valence-corrected chi connectivity index (χ0v) is 20.9. The molecule has 1 saturated heterocycles. The Morgan fingerprint density at radius 1 is 1.16 bits per heavy atom. The highest BCUT2D eigenvalue weighted by molar-refractivity contribution is 9.10. The summed E-state index contributed by atoms with van der Waals surface area (Å²) in [5.41, 5.74) is 2.97. The van der Waals surface area contributed by atoms with Gasteiger partial charge < -0.3 is 10.1 Å². The van der Waals surface area contributed by atoms with Crippen molar-refractivity contribution in [1.29, 1.82) is 0 Å². The number of hydrogen-bond donors (Lipinski definition) is 1. The summed E-state index contributed by atoms with van der Waals surface area (Å²) in [6.07, 6.45) is 2.35. The summed E-state index contributed by atoms with van der Waals surface area (Å²) >= 11 is 3.52. The SMILES string of the molecule is CCc1cc(Br)cc(CC)c1NC(=O)C1CCN(S(=O)(=O)c2cc(F)ccc2OC)CC1. The molecule has 0 aliphatic carbocycles. The van der Waals surface area contributed by atoms with Gasteiger partial charge >= 0.3 is 0 Å². The highest BCUT2D eigenvalue weighted by atomic mass is 79.9. The molecule has 6 nitrogen and oxygen atoms in total. The second-order valence-electron chi connectivity index (χ2n) is 7.77. The number of hydrogen-bond acceptors (Lipinski definition) is 4. The quantitative estimate of drug-likeness (QED) is 0.564. The highest BCUT2D eigenvalue weighted by Gasteiger charge is 2.34. The third kappa shape index (κ3) is 5.15. The van der Waals surface area contributed by atoms with Gasteiger partial charge in [0, 0.05) is 29.2 Å². The Kier molecular flexibility index (Phi) is 7.95. The van der Waals surface area contributed by atoms with Crippen molar-refractivity contribution in [2.24, 2.45) is 5.92 Å². The summed E-state index contributed by atoms with van der Waals surface area (Å²) in [5, 5.41) is 3.09. The Balaban J connectivity index is 1.73. The van der Waals surface area contributed by atoms with Crippen molar-refractivity contribution >= 4 is 37.5 Å². The summed E-state index contributed by atoms with van der Waals surface area (Å²) in [6.45, 7) is 4.45. The topological polar surface area (TPSA) is 75.7 Å². The summed E-state index contributed by atoms with van der Waals surface area (Å²) in [7, 11) is -2.58. The Labute approximate surface area is 197 Å². The van der Waals surface area contributed by atoms with E-state index in [4.69, 9.17) is 4.74 Å². The number of halogens is 2. The number of nitrogens with one attached hydrogen (secondary N) is 1. The molecule has 0 aromatic heterocycles. The molecule has 0 spiro atoms. The van der Waals surface area contributed by atoms with Gasteiger partial charge in [-0.3, -0.25) is 4.79 Å². The van der Waals surface area contributed by atoms with E-state index in [1.807, 2.05) is 26.0 Å². The average Bonchev–Trinajstić information content (AvgIpc) is 2.79. The Bertz CT molecular complexity index is 1070. The van der Waals surface area contributed by atoms with Gasteiger partial charge in [-0.05, 0) is 67.1 Å². The van der Waals surface area contributed by atoms with Crippen LogP contribution < -0.4 is 10.1 Å². The van der Waals surface area contributed by atoms with Crippen molar-refractivity contribution in [3.63, 3.8) is 0 Å². The van der Waals surface area contributed by atoms with Crippen LogP contribution in [0.25, 0.3) is 0 Å². The minimum atomic E-state index is -3.93. The van der Waals surface area contributed by atoms with Gasteiger partial charge in [0.2, 0.25) is 15.9 Å². The standard InChI is InChI=1S/C23H28BrFN2O4S/c1-4-15-12-18(24)13-16(5-2)22(15)26-23(28)17-8-10-27(11-9-17)32(29,30)21-14-19(25)6-7-20(21)31-3/h6-7,12-14,17H,4-5,8-11H2,1-3H3,(H,26,28). The van der Waals surface area contributed by atoms with Crippen LogP contribution in [0, 0.1) is 11.7 Å². The van der Waals surface area contributed by atoms with Crippen LogP contribution in [0.3, 0.4) is 0 Å². The molecule has 1 aliphatic rings. The van der Waals surface area contributed by atoms with E-state index in [0.717, 1.165) is 46.3 Å². The number of ether oxygens (including phenoxy) is 1. The molecule has 2 aromatic carbocycles. The molecule has 0 bridgehead atoms. The first-order chi connectivity index (χ1) is 15.2. The van der Waals surface area contributed by atoms with E-state index in [1.54, 1.807) is 0 Å². The fourth-order valence-electron chi connectivity index (χ4n) is 4.02. The lowest BCUT2D eigenvalue weighted by Gasteiger charge is -2.31. The van der Waals surface area contributed by atoms with Crippen molar-refractivity contribution in [3.8, 4) is 5.75 Å². The number of piperidine rings is 1. The molecular weight excluding hydrogens is 499 g/mol. The van der Waals surface area contributed by atoms with E-state index < -0.39 is 15.8 Å². The largest absolute Gasteiger partial charge is 0.495 e. The van der Waals surface area contributed by atoms with Gasteiger partial charge in [-0.2, -0.15) is 4.31 Å². The lowest BCUT2D eigenvalue weighted by atomic mass is 9.96. The minimum absolute atomic E-state index is 0.0979. The van der Waals surface area contributed by atoms with E-state index >= 15 is 0 Å². The maximum absolute atomic E-state index is 13.7. The van der Waals surface area contributed by atoms with Crippen LogP contribution in [-0.2, 0) is 27.7 Å². The molecule has 174 valence electrons. The third-order valence-electron chi connectivity index (χ3n) is 5.84. The number of methoxy groups -OCH3 is 1. The van der Waals surface area contributed by atoms with Crippen molar-refractivity contribution in [2.45, 2.75) is 44.4 Å². The second-order valence-corrected chi connectivity index (χ2v) is 10.6. The molecule has 9 heteroatoms. The van der Waals surface area contributed by atoms with Crippen LogP contribution >= 0.6 is 15.9 Å². The molecule has 1 heterocycles. The van der Waals surface area contributed by atoms with Crippen LogP contribution in [0.4, 0.5) is 10.1 Å². The van der Waals surface area contributed by atoms with E-state index in [9.17, 15) is 17.6 Å². The van der Waals surface area contributed by atoms with Gasteiger partial charge in [0.05, 0.1) is 7.11 Å². The third-order valence-corrected chi connectivity index (χ3v) is 8.22. The lowest BCUT2D eigenvalue weighted by molar-refractivity contribution is -0.120. The molecule has 1 fully saturated rings. The normalized spacial score (nSPS) is 15.5. The molecule has 32 heavy (non-hydrogen) atoms. The first-order valence-electron chi connectivity index (χ1n) is 10.7. The van der Waals surface area contributed by atoms with E-state index in [-0.39, 0.29) is 35.6 Å². The van der Waals surface area contributed by atoms with Gasteiger partial charge in [-0.25, -0.2) is 12.8 Å². The zero-order valence-electron chi connectivity index (χ0n) is 18.5. The molecule has 2 aromatic rings. The average molecular weight is 527 g/mol. The number of carbonyl (C=O) groups excluding carboxylic acids is 1. The highest BCUT2D eigenvalue weighted by Crippen LogP contribution is 2.32. The summed E-state index contributed by atoms with van der Waals surface area (Å²) in [5.74, 6) is -0.946. The number of anilines is 1. The Hall–Kier alpha value is -1.97. The van der Waals surface area contributed by atoms with Gasteiger partial charge in [0.25, 0.3) is 0 Å². The minimum Gasteiger partial charge on any atom is -0.495 e. The molecule has 1 aliphatic heterocycles. The van der Waals surface area contributed by atoms with Crippen molar-refractivity contribution in [2.75, 3.05) is 25.5 Å². The Morgan fingerprint density at radius 2 is 1.75 bits per heavy atom. The van der Waals surface area contributed by atoms with Gasteiger partial charge in [-0.1, -0.05) is 29.8 Å². The number of carbonyl (C=O) groups is 1. The van der Waals surface area contributed by atoms with Crippen molar-refractivity contribution in [1.82, 2.24) is 4.31 Å². The maximum Gasteiger partial charge on any atom is 0.246 e. The van der Waals surface area contributed by atoms with Gasteiger partial charge in [0.15, 0.2) is 0 Å². The molecule has 3 rings (SSSR count). The van der Waals surface area contributed by atoms with E-state index in [2.05, 4.69) is 21.2 Å². The molecule has 1 amide bonds. The first kappa shape index (κ1) is 24.7.